The molecule has 0 aliphatic carbocycles. The minimum absolute atomic E-state index is 0. The molecule has 16 heavy (non-hydrogen) atoms. The van der Waals surface area contributed by atoms with Crippen molar-refractivity contribution < 1.29 is 9.53 Å². The first-order chi connectivity index (χ1) is 6.69. The number of hydrogen-bond donors (Lipinski definition) is 0. The highest BCUT2D eigenvalue weighted by molar-refractivity contribution is 5.97. The van der Waals surface area contributed by atoms with E-state index in [9.17, 15) is 4.79 Å². The number of carbonyl (C=O) groups is 1. The van der Waals surface area contributed by atoms with Gasteiger partial charge >= 0.3 is 0 Å². The number of methoxy groups -OCH3 is 1. The summed E-state index contributed by atoms with van der Waals surface area (Å²) >= 11 is 0. The van der Waals surface area contributed by atoms with Gasteiger partial charge in [0, 0.05) is 11.5 Å². The second kappa shape index (κ2) is 7.91. The molecule has 1 unspecified atom stereocenters. The fourth-order valence-corrected chi connectivity index (χ4v) is 1.23. The molecule has 0 bridgehead atoms. The Balaban J connectivity index is 0. The molecule has 0 N–H and O–H groups in total. The van der Waals surface area contributed by atoms with Crippen LogP contribution in [0.5, 0.6) is 5.75 Å². The van der Waals surface area contributed by atoms with E-state index in [0.717, 1.165) is 17.7 Å². The van der Waals surface area contributed by atoms with Crippen molar-refractivity contribution in [3.63, 3.8) is 0 Å². The number of benzene rings is 1. The molecule has 1 atom stereocenters. The Bertz CT molecular complexity index is 301. The van der Waals surface area contributed by atoms with Crippen LogP contribution in [-0.4, -0.2) is 12.9 Å². The third-order valence-electron chi connectivity index (χ3n) is 2.43. The Morgan fingerprint density at radius 2 is 1.75 bits per heavy atom. The minimum atomic E-state index is 0. The molecule has 0 heterocycles. The molecule has 0 aromatic heterocycles. The molecule has 2 nitrogen and oxygen atoms in total. The summed E-state index contributed by atoms with van der Waals surface area (Å²) in [6, 6.07) is 7.26. The zero-order valence-electron chi connectivity index (χ0n) is 8.91. The van der Waals surface area contributed by atoms with Crippen LogP contribution in [0.4, 0.5) is 0 Å². The highest BCUT2D eigenvalue weighted by Gasteiger charge is 2.12. The lowest BCUT2D eigenvalue weighted by molar-refractivity contribution is 0.0927. The topological polar surface area (TPSA) is 26.3 Å². The van der Waals surface area contributed by atoms with Crippen LogP contribution in [0.2, 0.25) is 0 Å². The zero-order valence-corrected chi connectivity index (χ0v) is 8.91. The normalized spacial score (nSPS) is 10.7. The maximum absolute atomic E-state index is 11.7. The molecule has 2 heteroatoms. The molecule has 0 radical (unpaired) electrons. The van der Waals surface area contributed by atoms with Crippen LogP contribution in [0, 0.1) is 5.92 Å². The van der Waals surface area contributed by atoms with Crippen LogP contribution in [0.15, 0.2) is 24.3 Å². The first-order valence-corrected chi connectivity index (χ1v) is 4.87. The summed E-state index contributed by atoms with van der Waals surface area (Å²) in [4.78, 5) is 11.7. The van der Waals surface area contributed by atoms with Crippen molar-refractivity contribution >= 4 is 5.78 Å². The van der Waals surface area contributed by atoms with Gasteiger partial charge in [0.1, 0.15) is 5.75 Å². The molecule has 0 fully saturated rings. The molecular formula is C14H24O2. The Labute approximate surface area is 99.6 Å². The third kappa shape index (κ3) is 4.05. The molecule has 0 spiro atoms. The van der Waals surface area contributed by atoms with Crippen LogP contribution < -0.4 is 4.74 Å². The number of ketones is 1. The summed E-state index contributed by atoms with van der Waals surface area (Å²) in [5, 5.41) is 0. The summed E-state index contributed by atoms with van der Waals surface area (Å²) in [6.07, 6.45) is 0.880. The average molecular weight is 224 g/mol. The smallest absolute Gasteiger partial charge is 0.165 e. The van der Waals surface area contributed by atoms with Gasteiger partial charge in [0.05, 0.1) is 7.11 Å². The predicted octanol–water partition coefficient (Wildman–Crippen LogP) is 4.20. The summed E-state index contributed by atoms with van der Waals surface area (Å²) < 4.78 is 5.02. The zero-order chi connectivity index (χ0) is 10.6. The van der Waals surface area contributed by atoms with Gasteiger partial charge in [-0.2, -0.15) is 0 Å². The lowest BCUT2D eigenvalue weighted by Crippen LogP contribution is -2.09. The molecule has 1 rings (SSSR count). The van der Waals surface area contributed by atoms with Crippen molar-refractivity contribution in [1.29, 1.82) is 0 Å². The van der Waals surface area contributed by atoms with E-state index in [2.05, 4.69) is 0 Å². The van der Waals surface area contributed by atoms with Gasteiger partial charge < -0.3 is 4.74 Å². The summed E-state index contributed by atoms with van der Waals surface area (Å²) in [7, 11) is 1.62. The standard InChI is InChI=1S/C12H16O2.2CH4/c1-4-9(2)12(13)10-5-7-11(14-3)8-6-10;;/h5-9H,4H2,1-3H3;2*1H4. The molecule has 0 aliphatic heterocycles. The van der Waals surface area contributed by atoms with Gasteiger partial charge in [0.2, 0.25) is 0 Å². The maximum Gasteiger partial charge on any atom is 0.165 e. The second-order valence-corrected chi connectivity index (χ2v) is 3.40. The number of Topliss-reactive ketones (excluding diaryl/α,β-unsaturated/α-hetero) is 1. The van der Waals surface area contributed by atoms with Gasteiger partial charge in [-0.05, 0) is 30.7 Å². The largest absolute Gasteiger partial charge is 0.497 e. The Morgan fingerprint density at radius 1 is 1.25 bits per heavy atom. The summed E-state index contributed by atoms with van der Waals surface area (Å²) in [5.41, 5.74) is 0.764. The first kappa shape index (κ1) is 17.1. The predicted molar refractivity (Wildman–Crippen MR) is 70.2 cm³/mol. The number of hydrogen-bond acceptors (Lipinski definition) is 2. The van der Waals surface area contributed by atoms with E-state index in [4.69, 9.17) is 4.74 Å². The van der Waals surface area contributed by atoms with Gasteiger partial charge in [0.15, 0.2) is 5.78 Å². The molecule has 0 aliphatic rings. The second-order valence-electron chi connectivity index (χ2n) is 3.40. The summed E-state index contributed by atoms with van der Waals surface area (Å²) in [6.45, 7) is 3.97. The Kier molecular flexibility index (Phi) is 8.46. The van der Waals surface area contributed by atoms with Crippen molar-refractivity contribution in [2.75, 3.05) is 7.11 Å². The lowest BCUT2D eigenvalue weighted by Gasteiger charge is -2.07. The fraction of sp³-hybridized carbons (Fsp3) is 0.500. The van der Waals surface area contributed by atoms with Gasteiger partial charge in [-0.25, -0.2) is 0 Å². The summed E-state index contributed by atoms with van der Waals surface area (Å²) in [5.74, 6) is 1.09. The molecular weight excluding hydrogens is 200 g/mol. The van der Waals surface area contributed by atoms with Crippen molar-refractivity contribution in [3.8, 4) is 5.75 Å². The molecule has 92 valence electrons. The maximum atomic E-state index is 11.7. The van der Waals surface area contributed by atoms with Crippen molar-refractivity contribution in [2.45, 2.75) is 35.1 Å². The van der Waals surface area contributed by atoms with Crippen molar-refractivity contribution in [1.82, 2.24) is 0 Å². The molecule has 1 aromatic carbocycles. The highest BCUT2D eigenvalue weighted by atomic mass is 16.5. The van der Waals surface area contributed by atoms with Crippen LogP contribution >= 0.6 is 0 Å². The first-order valence-electron chi connectivity index (χ1n) is 4.87. The van der Waals surface area contributed by atoms with E-state index >= 15 is 0 Å². The van der Waals surface area contributed by atoms with E-state index in [0.29, 0.717) is 0 Å². The van der Waals surface area contributed by atoms with E-state index in [1.165, 1.54) is 0 Å². The van der Waals surface area contributed by atoms with E-state index < -0.39 is 0 Å². The van der Waals surface area contributed by atoms with Gasteiger partial charge in [-0.15, -0.1) is 0 Å². The monoisotopic (exact) mass is 224 g/mol. The minimum Gasteiger partial charge on any atom is -0.497 e. The van der Waals surface area contributed by atoms with E-state index in [1.54, 1.807) is 7.11 Å². The van der Waals surface area contributed by atoms with Gasteiger partial charge in [-0.3, -0.25) is 4.79 Å². The van der Waals surface area contributed by atoms with Crippen LogP contribution in [0.1, 0.15) is 45.5 Å². The van der Waals surface area contributed by atoms with Crippen LogP contribution in [0.3, 0.4) is 0 Å². The molecule has 1 aromatic rings. The van der Waals surface area contributed by atoms with Crippen molar-refractivity contribution in [2.24, 2.45) is 5.92 Å². The van der Waals surface area contributed by atoms with E-state index in [1.807, 2.05) is 38.1 Å². The van der Waals surface area contributed by atoms with Crippen LogP contribution in [0.25, 0.3) is 0 Å². The van der Waals surface area contributed by atoms with Gasteiger partial charge in [0.25, 0.3) is 0 Å². The SMILES string of the molecule is C.C.CCC(C)C(=O)c1ccc(OC)cc1. The van der Waals surface area contributed by atoms with Gasteiger partial charge in [-0.1, -0.05) is 28.7 Å². The number of carbonyl (C=O) groups excluding carboxylic acids is 1. The third-order valence-corrected chi connectivity index (χ3v) is 2.43. The quantitative estimate of drug-likeness (QED) is 0.717. The number of ether oxygens (including phenoxy) is 1. The fourth-order valence-electron chi connectivity index (χ4n) is 1.23. The Hall–Kier alpha value is -1.31. The Morgan fingerprint density at radius 3 is 2.12 bits per heavy atom. The molecule has 0 amide bonds. The highest BCUT2D eigenvalue weighted by Crippen LogP contribution is 2.15. The van der Waals surface area contributed by atoms with Crippen molar-refractivity contribution in [3.05, 3.63) is 29.8 Å². The number of rotatable bonds is 4. The lowest BCUT2D eigenvalue weighted by atomic mass is 9.97. The van der Waals surface area contributed by atoms with Crippen LogP contribution in [-0.2, 0) is 0 Å². The molecule has 0 saturated heterocycles. The molecule has 0 saturated carbocycles. The average Bonchev–Trinajstić information content (AvgIpc) is 2.27. The van der Waals surface area contributed by atoms with E-state index in [-0.39, 0.29) is 26.6 Å².